The highest BCUT2D eigenvalue weighted by Crippen LogP contribution is 2.36. The van der Waals surface area contributed by atoms with Gasteiger partial charge in [-0.25, -0.2) is 8.42 Å². The molecule has 0 aliphatic carbocycles. The van der Waals surface area contributed by atoms with Crippen LogP contribution < -0.4 is 19.7 Å². The quantitative estimate of drug-likeness (QED) is 0.480. The van der Waals surface area contributed by atoms with Gasteiger partial charge < -0.3 is 15.4 Å². The molecule has 36 heavy (non-hydrogen) atoms. The third kappa shape index (κ3) is 5.68. The zero-order valence-electron chi connectivity index (χ0n) is 20.2. The number of carbonyl (C=O) groups excluding carboxylic acids is 2. The van der Waals surface area contributed by atoms with Crippen LogP contribution >= 0.6 is 0 Å². The summed E-state index contributed by atoms with van der Waals surface area (Å²) in [7, 11) is -3.82. The van der Waals surface area contributed by atoms with Gasteiger partial charge in [0.25, 0.3) is 11.8 Å². The summed E-state index contributed by atoms with van der Waals surface area (Å²) in [6.45, 7) is 3.67. The normalized spacial score (nSPS) is 15.8. The molecule has 2 unspecified atom stereocenters. The van der Waals surface area contributed by atoms with Crippen molar-refractivity contribution in [3.05, 3.63) is 90.0 Å². The molecule has 2 N–H and O–H groups in total. The van der Waals surface area contributed by atoms with Crippen molar-refractivity contribution in [3.8, 4) is 5.75 Å². The number of nitrogens with one attached hydrogen (secondary N) is 2. The molecule has 2 atom stereocenters. The molecule has 3 aromatic rings. The van der Waals surface area contributed by atoms with Crippen molar-refractivity contribution in [1.29, 1.82) is 0 Å². The molecule has 0 spiro atoms. The summed E-state index contributed by atoms with van der Waals surface area (Å²) in [5.41, 5.74) is 1.66. The minimum atomic E-state index is -3.82. The predicted octanol–water partition coefficient (Wildman–Crippen LogP) is 3.95. The Labute approximate surface area is 211 Å². The van der Waals surface area contributed by atoms with Crippen LogP contribution in [0.25, 0.3) is 0 Å². The highest BCUT2D eigenvalue weighted by Gasteiger charge is 2.37. The summed E-state index contributed by atoms with van der Waals surface area (Å²) in [4.78, 5) is 26.0. The largest absolute Gasteiger partial charge is 0.476 e. The number of amides is 2. The fraction of sp³-hybridized carbons (Fsp3) is 0.259. The van der Waals surface area contributed by atoms with Gasteiger partial charge in [0.1, 0.15) is 5.75 Å². The van der Waals surface area contributed by atoms with Crippen molar-refractivity contribution < 1.29 is 22.7 Å². The standard InChI is InChI=1S/C27H29N3O5S/c1-3-19(2)28-26(31)21-13-7-8-14-22(21)29-27(32)25-17-30(23-15-9-10-16-24(23)35-25)36(33,34)18-20-11-5-4-6-12-20/h4-16,19,25H,3,17-18H2,1-2H3,(H,28,31)(H,29,32). The molecule has 1 aliphatic rings. The Hall–Kier alpha value is -3.85. The first kappa shape index (κ1) is 25.2. The molecule has 188 valence electrons. The van der Waals surface area contributed by atoms with E-state index in [1.165, 1.54) is 4.31 Å². The zero-order valence-corrected chi connectivity index (χ0v) is 21.0. The lowest BCUT2D eigenvalue weighted by molar-refractivity contribution is -0.122. The first-order valence-corrected chi connectivity index (χ1v) is 13.4. The molecule has 8 nitrogen and oxygen atoms in total. The summed E-state index contributed by atoms with van der Waals surface area (Å²) in [5, 5.41) is 5.65. The minimum absolute atomic E-state index is 0.0252. The molecular formula is C27H29N3O5S. The molecule has 3 aromatic carbocycles. The Morgan fingerprint density at radius 1 is 1.00 bits per heavy atom. The van der Waals surface area contributed by atoms with Gasteiger partial charge in [0.15, 0.2) is 6.10 Å². The van der Waals surface area contributed by atoms with Gasteiger partial charge in [-0.1, -0.05) is 61.5 Å². The molecule has 1 aliphatic heterocycles. The number of rotatable bonds is 8. The average Bonchev–Trinajstić information content (AvgIpc) is 2.88. The van der Waals surface area contributed by atoms with Crippen LogP contribution in [0.3, 0.4) is 0 Å². The first-order valence-electron chi connectivity index (χ1n) is 11.8. The number of hydrogen-bond donors (Lipinski definition) is 2. The lowest BCUT2D eigenvalue weighted by atomic mass is 10.1. The maximum absolute atomic E-state index is 13.4. The number of carbonyl (C=O) groups is 2. The lowest BCUT2D eigenvalue weighted by Crippen LogP contribution is -2.49. The van der Waals surface area contributed by atoms with Gasteiger partial charge in [0.2, 0.25) is 10.0 Å². The molecule has 2 amide bonds. The number of fused-ring (bicyclic) bond motifs is 1. The highest BCUT2D eigenvalue weighted by atomic mass is 32.2. The van der Waals surface area contributed by atoms with E-state index in [1.54, 1.807) is 72.8 Å². The smallest absolute Gasteiger partial charge is 0.267 e. The third-order valence-corrected chi connectivity index (χ3v) is 7.69. The fourth-order valence-corrected chi connectivity index (χ4v) is 5.45. The number of anilines is 2. The maximum Gasteiger partial charge on any atom is 0.267 e. The van der Waals surface area contributed by atoms with Crippen LogP contribution in [0.15, 0.2) is 78.9 Å². The molecule has 9 heteroatoms. The Morgan fingerprint density at radius 3 is 2.42 bits per heavy atom. The zero-order chi connectivity index (χ0) is 25.7. The van der Waals surface area contributed by atoms with E-state index in [2.05, 4.69) is 10.6 Å². The minimum Gasteiger partial charge on any atom is -0.476 e. The SMILES string of the molecule is CCC(C)NC(=O)c1ccccc1NC(=O)C1CN(S(=O)(=O)Cc2ccccc2)c2ccccc2O1. The van der Waals surface area contributed by atoms with Crippen molar-refractivity contribution in [2.75, 3.05) is 16.2 Å². The van der Waals surface area contributed by atoms with Crippen molar-refractivity contribution in [2.45, 2.75) is 38.2 Å². The molecule has 4 rings (SSSR count). The Morgan fingerprint density at radius 2 is 1.67 bits per heavy atom. The topological polar surface area (TPSA) is 105 Å². The number of sulfonamides is 1. The predicted molar refractivity (Wildman–Crippen MR) is 140 cm³/mol. The summed E-state index contributed by atoms with van der Waals surface area (Å²) < 4.78 is 33.9. The van der Waals surface area contributed by atoms with Crippen LogP contribution in [0, 0.1) is 0 Å². The number of benzene rings is 3. The molecule has 0 saturated heterocycles. The summed E-state index contributed by atoms with van der Waals surface area (Å²) >= 11 is 0. The van der Waals surface area contributed by atoms with Crippen molar-refractivity contribution in [3.63, 3.8) is 0 Å². The van der Waals surface area contributed by atoms with E-state index in [1.807, 2.05) is 19.9 Å². The molecule has 0 fully saturated rings. The first-order chi connectivity index (χ1) is 17.3. The van der Waals surface area contributed by atoms with Gasteiger partial charge in [-0.05, 0) is 43.2 Å². The van der Waals surface area contributed by atoms with Crippen LogP contribution in [0.1, 0.15) is 36.2 Å². The molecule has 1 heterocycles. The van der Waals surface area contributed by atoms with Gasteiger partial charge in [0.05, 0.1) is 29.2 Å². The molecule has 0 bridgehead atoms. The number of nitrogens with zero attached hydrogens (tertiary/aromatic N) is 1. The molecular weight excluding hydrogens is 478 g/mol. The molecule has 0 radical (unpaired) electrons. The van der Waals surface area contributed by atoms with Crippen LogP contribution in [-0.2, 0) is 20.6 Å². The van der Waals surface area contributed by atoms with E-state index in [9.17, 15) is 18.0 Å². The monoisotopic (exact) mass is 507 g/mol. The average molecular weight is 508 g/mol. The van der Waals surface area contributed by atoms with E-state index in [0.717, 1.165) is 6.42 Å². The van der Waals surface area contributed by atoms with Crippen LogP contribution in [0.5, 0.6) is 5.75 Å². The van der Waals surface area contributed by atoms with Gasteiger partial charge in [0, 0.05) is 6.04 Å². The summed E-state index contributed by atoms with van der Waals surface area (Å²) in [6, 6.07) is 22.3. The van der Waals surface area contributed by atoms with E-state index < -0.39 is 22.0 Å². The number of hydrogen-bond acceptors (Lipinski definition) is 5. The van der Waals surface area contributed by atoms with Crippen molar-refractivity contribution >= 4 is 33.2 Å². The lowest BCUT2D eigenvalue weighted by Gasteiger charge is -2.34. The van der Waals surface area contributed by atoms with Crippen molar-refractivity contribution in [1.82, 2.24) is 5.32 Å². The Balaban J connectivity index is 1.58. The van der Waals surface area contributed by atoms with Gasteiger partial charge in [-0.2, -0.15) is 0 Å². The van der Waals surface area contributed by atoms with E-state index in [-0.39, 0.29) is 24.2 Å². The van der Waals surface area contributed by atoms with Crippen LogP contribution in [0.4, 0.5) is 11.4 Å². The van der Waals surface area contributed by atoms with Gasteiger partial charge in [-0.3, -0.25) is 13.9 Å². The molecule has 0 saturated carbocycles. The summed E-state index contributed by atoms with van der Waals surface area (Å²) in [6.07, 6.45) is -0.348. The van der Waals surface area contributed by atoms with E-state index in [0.29, 0.717) is 28.3 Å². The van der Waals surface area contributed by atoms with Gasteiger partial charge >= 0.3 is 0 Å². The van der Waals surface area contributed by atoms with E-state index in [4.69, 9.17) is 4.74 Å². The third-order valence-electron chi connectivity index (χ3n) is 5.97. The fourth-order valence-electron chi connectivity index (χ4n) is 3.87. The van der Waals surface area contributed by atoms with Crippen LogP contribution in [-0.4, -0.2) is 38.9 Å². The number of para-hydroxylation sites is 3. The highest BCUT2D eigenvalue weighted by molar-refractivity contribution is 7.92. The second kappa shape index (κ2) is 10.8. The van der Waals surface area contributed by atoms with Gasteiger partial charge in [-0.15, -0.1) is 0 Å². The van der Waals surface area contributed by atoms with Crippen molar-refractivity contribution in [2.24, 2.45) is 0 Å². The maximum atomic E-state index is 13.4. The van der Waals surface area contributed by atoms with Crippen LogP contribution in [0.2, 0.25) is 0 Å². The second-order valence-electron chi connectivity index (χ2n) is 8.66. The number of ether oxygens (including phenoxy) is 1. The van der Waals surface area contributed by atoms with E-state index >= 15 is 0 Å². The summed E-state index contributed by atoms with van der Waals surface area (Å²) in [5.74, 6) is -0.770. The Bertz CT molecular complexity index is 1340. The second-order valence-corrected chi connectivity index (χ2v) is 10.6. The molecule has 0 aromatic heterocycles. The Kier molecular flexibility index (Phi) is 7.59.